The van der Waals surface area contributed by atoms with Crippen molar-refractivity contribution in [1.29, 1.82) is 0 Å². The van der Waals surface area contributed by atoms with Crippen LogP contribution in [0.3, 0.4) is 0 Å². The number of furan rings is 1. The molecule has 20 heavy (non-hydrogen) atoms. The topological polar surface area (TPSA) is 60.7 Å². The summed E-state index contributed by atoms with van der Waals surface area (Å²) in [5.41, 5.74) is 0.414. The van der Waals surface area contributed by atoms with E-state index >= 15 is 0 Å². The molecule has 3 rings (SSSR count). The fraction of sp³-hybridized carbons (Fsp3) is 0.214. The van der Waals surface area contributed by atoms with Crippen molar-refractivity contribution in [3.8, 4) is 11.5 Å². The van der Waals surface area contributed by atoms with Crippen molar-refractivity contribution in [2.45, 2.75) is 13.0 Å². The number of benzene rings is 1. The van der Waals surface area contributed by atoms with Crippen LogP contribution >= 0.6 is 11.6 Å². The molecule has 1 amide bonds. The number of rotatable bonds is 3. The van der Waals surface area contributed by atoms with E-state index in [4.69, 9.17) is 25.5 Å². The van der Waals surface area contributed by atoms with Crippen molar-refractivity contribution in [1.82, 2.24) is 5.32 Å². The Morgan fingerprint density at radius 1 is 1.40 bits per heavy atom. The van der Waals surface area contributed by atoms with E-state index in [1.54, 1.807) is 30.5 Å². The summed E-state index contributed by atoms with van der Waals surface area (Å²) in [7, 11) is 0. The highest BCUT2D eigenvalue weighted by Crippen LogP contribution is 2.39. The van der Waals surface area contributed by atoms with Crippen molar-refractivity contribution in [3.05, 3.63) is 46.9 Å². The lowest BCUT2D eigenvalue weighted by Gasteiger charge is -2.12. The molecule has 0 radical (unpaired) electrons. The maximum Gasteiger partial charge on any atom is 0.252 e. The van der Waals surface area contributed by atoms with Gasteiger partial charge in [-0.15, -0.1) is 0 Å². The van der Waals surface area contributed by atoms with Crippen LogP contribution in [0.1, 0.15) is 29.1 Å². The van der Waals surface area contributed by atoms with Gasteiger partial charge in [-0.1, -0.05) is 11.6 Å². The first-order valence-corrected chi connectivity index (χ1v) is 6.46. The number of hydrogen-bond acceptors (Lipinski definition) is 4. The van der Waals surface area contributed by atoms with E-state index in [1.807, 2.05) is 6.92 Å². The second-order valence-electron chi connectivity index (χ2n) is 4.40. The molecule has 1 N–H and O–H groups in total. The summed E-state index contributed by atoms with van der Waals surface area (Å²) in [6.07, 6.45) is 1.56. The van der Waals surface area contributed by atoms with Gasteiger partial charge >= 0.3 is 0 Å². The lowest BCUT2D eigenvalue weighted by atomic mass is 10.1. The molecule has 6 heteroatoms. The van der Waals surface area contributed by atoms with Crippen LogP contribution in [0.25, 0.3) is 0 Å². The standard InChI is InChI=1S/C14H12ClNO4/c1-8(11-3-2-4-18-11)16-14(17)9-5-10(15)13-12(6-9)19-7-20-13/h2-6,8H,7H2,1H3,(H,16,17)/t8-/m0/s1. The smallest absolute Gasteiger partial charge is 0.252 e. The highest BCUT2D eigenvalue weighted by Gasteiger charge is 2.21. The largest absolute Gasteiger partial charge is 0.467 e. The van der Waals surface area contributed by atoms with E-state index in [0.717, 1.165) is 0 Å². The minimum absolute atomic E-state index is 0.114. The lowest BCUT2D eigenvalue weighted by molar-refractivity contribution is 0.0935. The van der Waals surface area contributed by atoms with E-state index in [2.05, 4.69) is 5.32 Å². The Morgan fingerprint density at radius 3 is 3.00 bits per heavy atom. The van der Waals surface area contributed by atoms with E-state index in [1.165, 1.54) is 0 Å². The molecule has 2 heterocycles. The molecule has 2 aromatic rings. The minimum atomic E-state index is -0.255. The average molecular weight is 294 g/mol. The molecule has 1 aromatic heterocycles. The number of amides is 1. The van der Waals surface area contributed by atoms with Crippen LogP contribution in [-0.2, 0) is 0 Å². The summed E-state index contributed by atoms with van der Waals surface area (Å²) in [5.74, 6) is 1.38. The number of ether oxygens (including phenoxy) is 2. The van der Waals surface area contributed by atoms with Crippen LogP contribution in [0.4, 0.5) is 0 Å². The van der Waals surface area contributed by atoms with Crippen molar-refractivity contribution < 1.29 is 18.7 Å². The summed E-state index contributed by atoms with van der Waals surface area (Å²) >= 11 is 6.05. The highest BCUT2D eigenvalue weighted by atomic mass is 35.5. The van der Waals surface area contributed by atoms with Crippen LogP contribution in [-0.4, -0.2) is 12.7 Å². The van der Waals surface area contributed by atoms with Gasteiger partial charge in [0.1, 0.15) is 5.76 Å². The Bertz CT molecular complexity index is 639. The molecule has 1 aromatic carbocycles. The molecular formula is C14H12ClNO4. The lowest BCUT2D eigenvalue weighted by Crippen LogP contribution is -2.26. The third-order valence-electron chi connectivity index (χ3n) is 3.01. The number of carbonyl (C=O) groups is 1. The summed E-state index contributed by atoms with van der Waals surface area (Å²) in [6.45, 7) is 1.95. The Morgan fingerprint density at radius 2 is 2.25 bits per heavy atom. The normalized spacial score (nSPS) is 14.1. The van der Waals surface area contributed by atoms with Crippen LogP contribution in [0.2, 0.25) is 5.02 Å². The molecule has 0 aliphatic carbocycles. The van der Waals surface area contributed by atoms with Crippen molar-refractivity contribution >= 4 is 17.5 Å². The highest BCUT2D eigenvalue weighted by molar-refractivity contribution is 6.32. The molecule has 1 aliphatic rings. The summed E-state index contributed by atoms with van der Waals surface area (Å²) in [4.78, 5) is 12.2. The maximum absolute atomic E-state index is 12.2. The summed E-state index contributed by atoms with van der Waals surface area (Å²) in [6, 6.07) is 6.51. The predicted molar refractivity (Wildman–Crippen MR) is 72.2 cm³/mol. The van der Waals surface area contributed by atoms with E-state index in [-0.39, 0.29) is 18.7 Å². The fourth-order valence-corrected chi connectivity index (χ4v) is 2.25. The molecule has 0 spiro atoms. The Balaban J connectivity index is 1.79. The van der Waals surface area contributed by atoms with Gasteiger partial charge < -0.3 is 19.2 Å². The summed E-state index contributed by atoms with van der Waals surface area (Å²) < 4.78 is 15.7. The molecular weight excluding hydrogens is 282 g/mol. The number of halogens is 1. The van der Waals surface area contributed by atoms with Crippen LogP contribution < -0.4 is 14.8 Å². The molecule has 0 saturated carbocycles. The quantitative estimate of drug-likeness (QED) is 0.944. The first-order chi connectivity index (χ1) is 9.65. The molecule has 0 bridgehead atoms. The monoisotopic (exact) mass is 293 g/mol. The SMILES string of the molecule is C[C@H](NC(=O)c1cc(Cl)c2c(c1)OCO2)c1ccco1. The molecule has 5 nitrogen and oxygen atoms in total. The van der Waals surface area contributed by atoms with Crippen LogP contribution in [0, 0.1) is 0 Å². The Hall–Kier alpha value is -2.14. The molecule has 0 fully saturated rings. The first kappa shape index (κ1) is 12.9. The van der Waals surface area contributed by atoms with Crippen molar-refractivity contribution in [3.63, 3.8) is 0 Å². The third-order valence-corrected chi connectivity index (χ3v) is 3.29. The Labute approximate surface area is 120 Å². The van der Waals surface area contributed by atoms with Gasteiger partial charge in [-0.25, -0.2) is 0 Å². The van der Waals surface area contributed by atoms with Crippen molar-refractivity contribution in [2.75, 3.05) is 6.79 Å². The number of hydrogen-bond donors (Lipinski definition) is 1. The number of fused-ring (bicyclic) bond motifs is 1. The van der Waals surface area contributed by atoms with E-state index in [9.17, 15) is 4.79 Å². The predicted octanol–water partition coefficient (Wildman–Crippen LogP) is 3.15. The fourth-order valence-electron chi connectivity index (χ4n) is 1.99. The van der Waals surface area contributed by atoms with Crippen LogP contribution in [0.5, 0.6) is 11.5 Å². The number of nitrogens with one attached hydrogen (secondary N) is 1. The van der Waals surface area contributed by atoms with Gasteiger partial charge in [-0.05, 0) is 31.2 Å². The molecule has 1 atom stereocenters. The minimum Gasteiger partial charge on any atom is -0.467 e. The number of carbonyl (C=O) groups excluding carboxylic acids is 1. The first-order valence-electron chi connectivity index (χ1n) is 6.08. The molecule has 0 saturated heterocycles. The van der Waals surface area contributed by atoms with E-state index < -0.39 is 0 Å². The Kier molecular flexibility index (Phi) is 3.28. The maximum atomic E-state index is 12.2. The average Bonchev–Trinajstić information content (AvgIpc) is 3.09. The van der Waals surface area contributed by atoms with Gasteiger partial charge in [-0.2, -0.15) is 0 Å². The van der Waals surface area contributed by atoms with Gasteiger partial charge in [0.05, 0.1) is 17.3 Å². The zero-order valence-electron chi connectivity index (χ0n) is 10.7. The van der Waals surface area contributed by atoms with Crippen LogP contribution in [0.15, 0.2) is 34.9 Å². The molecule has 104 valence electrons. The van der Waals surface area contributed by atoms with Gasteiger partial charge in [0, 0.05) is 5.56 Å². The van der Waals surface area contributed by atoms with Gasteiger partial charge in [-0.3, -0.25) is 4.79 Å². The van der Waals surface area contributed by atoms with Crippen molar-refractivity contribution in [2.24, 2.45) is 0 Å². The van der Waals surface area contributed by atoms with Gasteiger partial charge in [0.25, 0.3) is 5.91 Å². The second kappa shape index (κ2) is 5.09. The van der Waals surface area contributed by atoms with E-state index in [0.29, 0.717) is 27.8 Å². The second-order valence-corrected chi connectivity index (χ2v) is 4.81. The zero-order valence-corrected chi connectivity index (χ0v) is 11.4. The zero-order chi connectivity index (χ0) is 14.1. The van der Waals surface area contributed by atoms with Gasteiger partial charge in [0.2, 0.25) is 6.79 Å². The molecule has 0 unspecified atom stereocenters. The molecule has 1 aliphatic heterocycles. The van der Waals surface area contributed by atoms with Gasteiger partial charge in [0.15, 0.2) is 11.5 Å². The summed E-state index contributed by atoms with van der Waals surface area (Å²) in [5, 5.41) is 3.19. The third kappa shape index (κ3) is 2.32.